The second kappa shape index (κ2) is 6.05. The number of carbonyl (C=O) groups is 1. The Morgan fingerprint density at radius 2 is 2.07 bits per heavy atom. The van der Waals surface area contributed by atoms with E-state index in [2.05, 4.69) is 5.32 Å². The molecule has 0 bridgehead atoms. The fourth-order valence-electron chi connectivity index (χ4n) is 1.91. The highest BCUT2D eigenvalue weighted by Crippen LogP contribution is 2.18. The number of hydrogen-bond acceptors (Lipinski definition) is 4. The van der Waals surface area contributed by atoms with Crippen molar-refractivity contribution in [3.05, 3.63) is 0 Å². The standard InChI is InChI=1S/C10H19NO4/c12-7(5-10(14)15)6-11-8-3-1-2-4-9(8)13/h7-9,11-13H,1-6H2,(H,14,15). The predicted molar refractivity (Wildman–Crippen MR) is 54.5 cm³/mol. The van der Waals surface area contributed by atoms with E-state index in [4.69, 9.17) is 5.11 Å². The molecular formula is C10H19NO4. The van der Waals surface area contributed by atoms with E-state index in [1.807, 2.05) is 0 Å². The monoisotopic (exact) mass is 217 g/mol. The number of aliphatic hydroxyl groups excluding tert-OH is 2. The maximum absolute atomic E-state index is 10.3. The van der Waals surface area contributed by atoms with Crippen molar-refractivity contribution in [2.24, 2.45) is 0 Å². The minimum absolute atomic E-state index is 0.00203. The van der Waals surface area contributed by atoms with Gasteiger partial charge in [-0.05, 0) is 12.8 Å². The van der Waals surface area contributed by atoms with Crippen LogP contribution in [-0.4, -0.2) is 46.1 Å². The van der Waals surface area contributed by atoms with Crippen LogP contribution >= 0.6 is 0 Å². The second-order valence-electron chi connectivity index (χ2n) is 4.12. The van der Waals surface area contributed by atoms with Crippen molar-refractivity contribution >= 4 is 5.97 Å². The number of hydrogen-bond donors (Lipinski definition) is 4. The number of aliphatic hydroxyl groups is 2. The van der Waals surface area contributed by atoms with Gasteiger partial charge in [0.05, 0.1) is 18.6 Å². The summed E-state index contributed by atoms with van der Waals surface area (Å²) < 4.78 is 0. The lowest BCUT2D eigenvalue weighted by Gasteiger charge is -2.29. The lowest BCUT2D eigenvalue weighted by atomic mass is 9.92. The zero-order chi connectivity index (χ0) is 11.3. The van der Waals surface area contributed by atoms with Crippen molar-refractivity contribution in [1.29, 1.82) is 0 Å². The largest absolute Gasteiger partial charge is 0.481 e. The summed E-state index contributed by atoms with van der Waals surface area (Å²) in [6, 6.07) is 0.00203. The molecule has 5 nitrogen and oxygen atoms in total. The van der Waals surface area contributed by atoms with Crippen molar-refractivity contribution in [3.63, 3.8) is 0 Å². The molecule has 1 fully saturated rings. The van der Waals surface area contributed by atoms with Gasteiger partial charge in [0.25, 0.3) is 0 Å². The van der Waals surface area contributed by atoms with Gasteiger partial charge in [-0.15, -0.1) is 0 Å². The quantitative estimate of drug-likeness (QED) is 0.508. The minimum Gasteiger partial charge on any atom is -0.481 e. The normalized spacial score (nSPS) is 28.7. The Morgan fingerprint density at radius 1 is 1.40 bits per heavy atom. The summed E-state index contributed by atoms with van der Waals surface area (Å²) in [5, 5.41) is 30.4. The zero-order valence-electron chi connectivity index (χ0n) is 8.72. The van der Waals surface area contributed by atoms with Gasteiger partial charge in [0.1, 0.15) is 0 Å². The van der Waals surface area contributed by atoms with Gasteiger partial charge in [0, 0.05) is 12.6 Å². The third-order valence-electron chi connectivity index (χ3n) is 2.76. The molecule has 0 aromatic carbocycles. The summed E-state index contributed by atoms with van der Waals surface area (Å²) in [5.41, 5.74) is 0. The van der Waals surface area contributed by atoms with Crippen LogP contribution in [0.25, 0.3) is 0 Å². The molecule has 0 amide bonds. The van der Waals surface area contributed by atoms with E-state index in [0.717, 1.165) is 25.7 Å². The number of rotatable bonds is 5. The molecule has 3 unspecified atom stereocenters. The predicted octanol–water partition coefficient (Wildman–Crippen LogP) is -0.285. The maximum Gasteiger partial charge on any atom is 0.306 e. The Hall–Kier alpha value is -0.650. The van der Waals surface area contributed by atoms with Crippen LogP contribution < -0.4 is 5.32 Å². The molecule has 0 spiro atoms. The molecule has 1 aliphatic rings. The molecule has 1 saturated carbocycles. The highest BCUT2D eigenvalue weighted by Gasteiger charge is 2.23. The van der Waals surface area contributed by atoms with E-state index in [0.29, 0.717) is 0 Å². The maximum atomic E-state index is 10.3. The molecule has 1 aliphatic carbocycles. The average Bonchev–Trinajstić information content (AvgIpc) is 2.15. The molecule has 0 aromatic heterocycles. The summed E-state index contributed by atoms with van der Waals surface area (Å²) in [7, 11) is 0. The highest BCUT2D eigenvalue weighted by molar-refractivity contribution is 5.67. The van der Waals surface area contributed by atoms with Gasteiger partial charge in [0.2, 0.25) is 0 Å². The van der Waals surface area contributed by atoms with Crippen molar-refractivity contribution in [2.75, 3.05) is 6.54 Å². The van der Waals surface area contributed by atoms with Gasteiger partial charge in [-0.2, -0.15) is 0 Å². The van der Waals surface area contributed by atoms with Crippen molar-refractivity contribution in [2.45, 2.75) is 50.4 Å². The number of aliphatic carboxylic acids is 1. The Balaban J connectivity index is 2.20. The van der Waals surface area contributed by atoms with Crippen LogP contribution in [0.5, 0.6) is 0 Å². The van der Waals surface area contributed by atoms with Crippen LogP contribution in [-0.2, 0) is 4.79 Å². The van der Waals surface area contributed by atoms with Crippen LogP contribution in [0.4, 0.5) is 0 Å². The first-order valence-corrected chi connectivity index (χ1v) is 5.41. The van der Waals surface area contributed by atoms with Crippen LogP contribution in [0, 0.1) is 0 Å². The van der Waals surface area contributed by atoms with Gasteiger partial charge in [-0.25, -0.2) is 0 Å². The highest BCUT2D eigenvalue weighted by atomic mass is 16.4. The summed E-state index contributed by atoms with van der Waals surface area (Å²) in [4.78, 5) is 10.3. The molecule has 0 aliphatic heterocycles. The van der Waals surface area contributed by atoms with Crippen LogP contribution in [0.2, 0.25) is 0 Å². The number of carboxylic acids is 1. The number of carboxylic acid groups (broad SMARTS) is 1. The molecule has 0 heterocycles. The lowest BCUT2D eigenvalue weighted by Crippen LogP contribution is -2.45. The summed E-state index contributed by atoms with van der Waals surface area (Å²) in [6.07, 6.45) is 2.29. The molecular weight excluding hydrogens is 198 g/mol. The van der Waals surface area contributed by atoms with Crippen molar-refractivity contribution < 1.29 is 20.1 Å². The lowest BCUT2D eigenvalue weighted by molar-refractivity contribution is -0.139. The molecule has 0 aromatic rings. The van der Waals surface area contributed by atoms with E-state index >= 15 is 0 Å². The molecule has 0 radical (unpaired) electrons. The third kappa shape index (κ3) is 4.59. The molecule has 15 heavy (non-hydrogen) atoms. The van der Waals surface area contributed by atoms with Gasteiger partial charge in [-0.3, -0.25) is 4.79 Å². The molecule has 88 valence electrons. The Bertz CT molecular complexity index is 210. The topological polar surface area (TPSA) is 89.8 Å². The molecule has 1 rings (SSSR count). The van der Waals surface area contributed by atoms with E-state index in [9.17, 15) is 15.0 Å². The van der Waals surface area contributed by atoms with E-state index in [-0.39, 0.29) is 25.1 Å². The van der Waals surface area contributed by atoms with Crippen molar-refractivity contribution in [3.8, 4) is 0 Å². The Kier molecular flexibility index (Phi) is 5.01. The molecule has 4 N–H and O–H groups in total. The van der Waals surface area contributed by atoms with Crippen molar-refractivity contribution in [1.82, 2.24) is 5.32 Å². The van der Waals surface area contributed by atoms with E-state index in [1.54, 1.807) is 0 Å². The average molecular weight is 217 g/mol. The summed E-state index contributed by atoms with van der Waals surface area (Å²) in [5.74, 6) is -1.01. The first-order chi connectivity index (χ1) is 7.09. The summed E-state index contributed by atoms with van der Waals surface area (Å²) in [6.45, 7) is 0.230. The first-order valence-electron chi connectivity index (χ1n) is 5.41. The Labute approximate surface area is 89.1 Å². The van der Waals surface area contributed by atoms with Gasteiger partial charge < -0.3 is 20.6 Å². The SMILES string of the molecule is O=C(O)CC(O)CNC1CCCCC1O. The molecule has 0 saturated heterocycles. The third-order valence-corrected chi connectivity index (χ3v) is 2.76. The van der Waals surface area contributed by atoms with Gasteiger partial charge >= 0.3 is 5.97 Å². The fourth-order valence-corrected chi connectivity index (χ4v) is 1.91. The molecule has 5 heteroatoms. The fraction of sp³-hybridized carbons (Fsp3) is 0.900. The Morgan fingerprint density at radius 3 is 2.67 bits per heavy atom. The smallest absolute Gasteiger partial charge is 0.306 e. The van der Waals surface area contributed by atoms with Crippen LogP contribution in [0.1, 0.15) is 32.1 Å². The van der Waals surface area contributed by atoms with Crippen LogP contribution in [0.3, 0.4) is 0 Å². The van der Waals surface area contributed by atoms with E-state index < -0.39 is 12.1 Å². The first kappa shape index (κ1) is 12.4. The van der Waals surface area contributed by atoms with Crippen LogP contribution in [0.15, 0.2) is 0 Å². The minimum atomic E-state index is -1.01. The number of nitrogens with one attached hydrogen (secondary N) is 1. The van der Waals surface area contributed by atoms with Gasteiger partial charge in [-0.1, -0.05) is 12.8 Å². The van der Waals surface area contributed by atoms with E-state index in [1.165, 1.54) is 0 Å². The zero-order valence-corrected chi connectivity index (χ0v) is 8.72. The second-order valence-corrected chi connectivity index (χ2v) is 4.12. The van der Waals surface area contributed by atoms with Gasteiger partial charge in [0.15, 0.2) is 0 Å². The summed E-state index contributed by atoms with van der Waals surface area (Å²) >= 11 is 0. The molecule has 3 atom stereocenters.